The standard InChI is InChI=1S/C10H15N5/c1-8-6-14(2)10(13-8)11-4-9-5-12-15(3)7-9/h5-7H,4H2,1-3H3,(H,11,13). The van der Waals surface area contributed by atoms with Crippen LogP contribution in [0.15, 0.2) is 18.6 Å². The molecule has 1 N–H and O–H groups in total. The molecule has 2 aromatic heterocycles. The van der Waals surface area contributed by atoms with E-state index in [2.05, 4.69) is 15.4 Å². The quantitative estimate of drug-likeness (QED) is 0.815. The van der Waals surface area contributed by atoms with Crippen LogP contribution < -0.4 is 5.32 Å². The SMILES string of the molecule is Cc1cn(C)c(NCc2cnn(C)c2)n1. The van der Waals surface area contributed by atoms with Crippen molar-refractivity contribution in [1.29, 1.82) is 0 Å². The molecule has 80 valence electrons. The molecule has 0 aliphatic heterocycles. The van der Waals surface area contributed by atoms with E-state index < -0.39 is 0 Å². The smallest absolute Gasteiger partial charge is 0.203 e. The molecule has 0 unspecified atom stereocenters. The Kier molecular flexibility index (Phi) is 2.45. The summed E-state index contributed by atoms with van der Waals surface area (Å²) < 4.78 is 3.77. The first kappa shape index (κ1) is 9.76. The van der Waals surface area contributed by atoms with Gasteiger partial charge in [-0.05, 0) is 6.92 Å². The third-order valence-electron chi connectivity index (χ3n) is 2.21. The Morgan fingerprint density at radius 1 is 1.33 bits per heavy atom. The average molecular weight is 205 g/mol. The molecule has 0 amide bonds. The minimum Gasteiger partial charge on any atom is -0.351 e. The predicted octanol–water partition coefficient (Wildman–Crippen LogP) is 1.07. The maximum absolute atomic E-state index is 4.36. The topological polar surface area (TPSA) is 47.7 Å². The van der Waals surface area contributed by atoms with Crippen LogP contribution in [0.1, 0.15) is 11.3 Å². The number of anilines is 1. The van der Waals surface area contributed by atoms with E-state index in [-0.39, 0.29) is 0 Å². The highest BCUT2D eigenvalue weighted by Crippen LogP contribution is 2.07. The van der Waals surface area contributed by atoms with Crippen LogP contribution in [-0.4, -0.2) is 19.3 Å². The first-order valence-electron chi connectivity index (χ1n) is 4.86. The summed E-state index contributed by atoms with van der Waals surface area (Å²) in [5.41, 5.74) is 2.17. The molecule has 0 spiro atoms. The fraction of sp³-hybridized carbons (Fsp3) is 0.400. The molecule has 0 atom stereocenters. The highest BCUT2D eigenvalue weighted by atomic mass is 15.2. The molecule has 5 heteroatoms. The van der Waals surface area contributed by atoms with E-state index in [4.69, 9.17) is 0 Å². The van der Waals surface area contributed by atoms with Crippen LogP contribution in [0.25, 0.3) is 0 Å². The van der Waals surface area contributed by atoms with Gasteiger partial charge < -0.3 is 9.88 Å². The lowest BCUT2D eigenvalue weighted by molar-refractivity contribution is 0.767. The molecule has 5 nitrogen and oxygen atoms in total. The molecule has 0 aliphatic carbocycles. The Morgan fingerprint density at radius 2 is 2.13 bits per heavy atom. The molecular weight excluding hydrogens is 190 g/mol. The zero-order chi connectivity index (χ0) is 10.8. The van der Waals surface area contributed by atoms with E-state index in [0.717, 1.165) is 23.8 Å². The van der Waals surface area contributed by atoms with Gasteiger partial charge in [-0.3, -0.25) is 4.68 Å². The van der Waals surface area contributed by atoms with Crippen molar-refractivity contribution in [1.82, 2.24) is 19.3 Å². The van der Waals surface area contributed by atoms with Gasteiger partial charge in [0.25, 0.3) is 0 Å². The van der Waals surface area contributed by atoms with E-state index in [1.165, 1.54) is 0 Å². The van der Waals surface area contributed by atoms with Crippen LogP contribution in [0.5, 0.6) is 0 Å². The molecule has 0 bridgehead atoms. The number of nitrogens with zero attached hydrogens (tertiary/aromatic N) is 4. The fourth-order valence-corrected chi connectivity index (χ4v) is 1.52. The molecule has 0 saturated heterocycles. The largest absolute Gasteiger partial charge is 0.351 e. The first-order valence-corrected chi connectivity index (χ1v) is 4.86. The van der Waals surface area contributed by atoms with Crippen LogP contribution in [0, 0.1) is 6.92 Å². The summed E-state index contributed by atoms with van der Waals surface area (Å²) in [5, 5.41) is 7.37. The number of hydrogen-bond donors (Lipinski definition) is 1. The van der Waals surface area contributed by atoms with Crippen molar-refractivity contribution >= 4 is 5.95 Å². The van der Waals surface area contributed by atoms with Crippen molar-refractivity contribution in [2.24, 2.45) is 14.1 Å². The molecule has 0 radical (unpaired) electrons. The van der Waals surface area contributed by atoms with Crippen molar-refractivity contribution in [2.45, 2.75) is 13.5 Å². The zero-order valence-corrected chi connectivity index (χ0v) is 9.23. The number of hydrogen-bond acceptors (Lipinski definition) is 3. The summed E-state index contributed by atoms with van der Waals surface area (Å²) in [4.78, 5) is 4.36. The lowest BCUT2D eigenvalue weighted by Crippen LogP contribution is -2.04. The summed E-state index contributed by atoms with van der Waals surface area (Å²) in [6.45, 7) is 2.73. The molecule has 2 aromatic rings. The Labute approximate surface area is 88.7 Å². The number of aromatic nitrogens is 4. The van der Waals surface area contributed by atoms with Crippen LogP contribution in [0.3, 0.4) is 0 Å². The minimum absolute atomic E-state index is 0.748. The average Bonchev–Trinajstić information content (AvgIpc) is 2.70. The molecular formula is C10H15N5. The third-order valence-corrected chi connectivity index (χ3v) is 2.21. The van der Waals surface area contributed by atoms with E-state index in [9.17, 15) is 0 Å². The Bertz CT molecular complexity index is 454. The third kappa shape index (κ3) is 2.18. The molecule has 2 rings (SSSR count). The lowest BCUT2D eigenvalue weighted by atomic mass is 10.4. The number of rotatable bonds is 3. The maximum atomic E-state index is 4.36. The number of aryl methyl sites for hydroxylation is 3. The van der Waals surface area contributed by atoms with Crippen LogP contribution in [0.2, 0.25) is 0 Å². The second-order valence-corrected chi connectivity index (χ2v) is 3.69. The maximum Gasteiger partial charge on any atom is 0.203 e. The van der Waals surface area contributed by atoms with E-state index in [0.29, 0.717) is 0 Å². The Morgan fingerprint density at radius 3 is 2.67 bits per heavy atom. The van der Waals surface area contributed by atoms with Gasteiger partial charge >= 0.3 is 0 Å². The van der Waals surface area contributed by atoms with Crippen LogP contribution in [-0.2, 0) is 20.6 Å². The van der Waals surface area contributed by atoms with E-state index in [1.807, 2.05) is 44.2 Å². The van der Waals surface area contributed by atoms with Crippen molar-refractivity contribution in [3.05, 3.63) is 29.8 Å². The summed E-state index contributed by atoms with van der Waals surface area (Å²) in [6.07, 6.45) is 5.83. The van der Waals surface area contributed by atoms with Crippen molar-refractivity contribution in [2.75, 3.05) is 5.32 Å². The van der Waals surface area contributed by atoms with Gasteiger partial charge in [0.15, 0.2) is 0 Å². The Balaban J connectivity index is 2.01. The molecule has 15 heavy (non-hydrogen) atoms. The minimum atomic E-state index is 0.748. The van der Waals surface area contributed by atoms with Gasteiger partial charge in [0.1, 0.15) is 0 Å². The number of nitrogens with one attached hydrogen (secondary N) is 1. The molecule has 0 saturated carbocycles. The van der Waals surface area contributed by atoms with Gasteiger partial charge in [-0.25, -0.2) is 4.98 Å². The molecule has 0 fully saturated rings. The van der Waals surface area contributed by atoms with Gasteiger partial charge in [-0.2, -0.15) is 5.10 Å². The van der Waals surface area contributed by atoms with Gasteiger partial charge in [-0.1, -0.05) is 0 Å². The van der Waals surface area contributed by atoms with Crippen LogP contribution >= 0.6 is 0 Å². The molecule has 2 heterocycles. The highest BCUT2D eigenvalue weighted by Gasteiger charge is 2.02. The monoisotopic (exact) mass is 205 g/mol. The normalized spacial score (nSPS) is 10.6. The van der Waals surface area contributed by atoms with Gasteiger partial charge in [0, 0.05) is 38.6 Å². The summed E-state index contributed by atoms with van der Waals surface area (Å²) >= 11 is 0. The lowest BCUT2D eigenvalue weighted by Gasteiger charge is -2.03. The van der Waals surface area contributed by atoms with E-state index >= 15 is 0 Å². The second-order valence-electron chi connectivity index (χ2n) is 3.69. The van der Waals surface area contributed by atoms with Crippen molar-refractivity contribution < 1.29 is 0 Å². The van der Waals surface area contributed by atoms with Crippen molar-refractivity contribution in [3.8, 4) is 0 Å². The Hall–Kier alpha value is -1.78. The summed E-state index contributed by atoms with van der Waals surface area (Å²) in [7, 11) is 3.89. The fourth-order valence-electron chi connectivity index (χ4n) is 1.52. The molecule has 0 aromatic carbocycles. The predicted molar refractivity (Wildman–Crippen MR) is 58.5 cm³/mol. The summed E-state index contributed by atoms with van der Waals surface area (Å²) in [5.74, 6) is 0.886. The highest BCUT2D eigenvalue weighted by molar-refractivity contribution is 5.29. The number of imidazole rings is 1. The van der Waals surface area contributed by atoms with Gasteiger partial charge in [0.05, 0.1) is 11.9 Å². The summed E-state index contributed by atoms with van der Waals surface area (Å²) in [6, 6.07) is 0. The van der Waals surface area contributed by atoms with Crippen LogP contribution in [0.4, 0.5) is 5.95 Å². The van der Waals surface area contributed by atoms with Gasteiger partial charge in [-0.15, -0.1) is 0 Å². The van der Waals surface area contributed by atoms with Crippen molar-refractivity contribution in [3.63, 3.8) is 0 Å². The first-order chi connectivity index (χ1) is 7.15. The second kappa shape index (κ2) is 3.76. The van der Waals surface area contributed by atoms with E-state index in [1.54, 1.807) is 4.68 Å². The molecule has 0 aliphatic rings. The van der Waals surface area contributed by atoms with Gasteiger partial charge in [0.2, 0.25) is 5.95 Å². The zero-order valence-electron chi connectivity index (χ0n) is 9.23.